The molecule has 0 radical (unpaired) electrons. The van der Waals surface area contributed by atoms with Crippen molar-refractivity contribution in [3.63, 3.8) is 0 Å². The van der Waals surface area contributed by atoms with Crippen molar-refractivity contribution in [1.82, 2.24) is 0 Å². The Morgan fingerprint density at radius 2 is 2.08 bits per heavy atom. The summed E-state index contributed by atoms with van der Waals surface area (Å²) < 4.78 is 31.3. The second-order valence-electron chi connectivity index (χ2n) is 2.27. The Hall–Kier alpha value is -1.23. The van der Waals surface area contributed by atoms with Gasteiger partial charge in [-0.15, -0.1) is 0 Å². The van der Waals surface area contributed by atoms with Crippen LogP contribution in [-0.4, -0.2) is 15.2 Å². The maximum absolute atomic E-state index is 10.7. The quantitative estimate of drug-likeness (QED) is 0.644. The van der Waals surface area contributed by atoms with Gasteiger partial charge in [0.15, 0.2) is 22.2 Å². The first-order chi connectivity index (χ1) is 5.79. The fourth-order valence-electron chi connectivity index (χ4n) is 1.06. The number of hydrogen-bond acceptors (Lipinski definition) is 4. The number of para-hydroxylation sites is 1. The number of benzene rings is 1. The smallest absolute Gasteiger partial charge is 0.231 e. The average molecular weight is 186 g/mol. The summed E-state index contributed by atoms with van der Waals surface area (Å²) in [4.78, 5) is 0.181. The van der Waals surface area contributed by atoms with E-state index >= 15 is 0 Å². The van der Waals surface area contributed by atoms with Crippen LogP contribution in [0.3, 0.4) is 0 Å². The summed E-state index contributed by atoms with van der Waals surface area (Å²) in [5, 5.41) is 0. The minimum Gasteiger partial charge on any atom is -0.454 e. The molecule has 0 N–H and O–H groups in total. The molecule has 0 amide bonds. The van der Waals surface area contributed by atoms with E-state index in [9.17, 15) is 8.42 Å². The van der Waals surface area contributed by atoms with E-state index in [4.69, 9.17) is 9.47 Å². The molecule has 1 aliphatic heterocycles. The molecule has 0 atom stereocenters. The molecule has 0 aliphatic carbocycles. The third-order valence-electron chi connectivity index (χ3n) is 1.57. The lowest BCUT2D eigenvalue weighted by Gasteiger charge is -1.96. The number of thiol groups is 1. The highest BCUT2D eigenvalue weighted by Gasteiger charge is 2.18. The topological polar surface area (TPSA) is 52.6 Å². The zero-order valence-corrected chi connectivity index (χ0v) is 6.91. The van der Waals surface area contributed by atoms with Crippen LogP contribution in [0, 0.1) is 0 Å². The van der Waals surface area contributed by atoms with Gasteiger partial charge in [0, 0.05) is 0 Å². The molecule has 0 aromatic heterocycles. The van der Waals surface area contributed by atoms with Gasteiger partial charge in [-0.1, -0.05) is 6.07 Å². The molecule has 0 saturated heterocycles. The van der Waals surface area contributed by atoms with Crippen LogP contribution in [0.1, 0.15) is 0 Å². The van der Waals surface area contributed by atoms with E-state index in [2.05, 4.69) is 0 Å². The fraction of sp³-hybridized carbons (Fsp3) is 0.143. The zero-order valence-electron chi connectivity index (χ0n) is 6.02. The van der Waals surface area contributed by atoms with Crippen molar-refractivity contribution < 1.29 is 17.9 Å². The van der Waals surface area contributed by atoms with E-state index in [0.29, 0.717) is 11.5 Å². The van der Waals surface area contributed by atoms with E-state index in [1.165, 1.54) is 6.07 Å². The van der Waals surface area contributed by atoms with E-state index in [0.717, 1.165) is 0 Å². The Labute approximate surface area is 70.7 Å². The highest BCUT2D eigenvalue weighted by Crippen LogP contribution is 2.35. The maximum atomic E-state index is 10.7. The van der Waals surface area contributed by atoms with Gasteiger partial charge >= 0.3 is 0 Å². The van der Waals surface area contributed by atoms with Crippen molar-refractivity contribution in [2.75, 3.05) is 6.79 Å². The van der Waals surface area contributed by atoms with Crippen LogP contribution in [0.15, 0.2) is 23.1 Å². The van der Waals surface area contributed by atoms with Gasteiger partial charge in [0.25, 0.3) is 0 Å². The van der Waals surface area contributed by atoms with Crippen molar-refractivity contribution >= 4 is 10.7 Å². The number of ether oxygens (including phenoxy) is 2. The molecule has 1 aliphatic rings. The third kappa shape index (κ3) is 1.02. The molecule has 0 fully saturated rings. The Morgan fingerprint density at radius 3 is 2.83 bits per heavy atom. The molecule has 5 heteroatoms. The fourth-order valence-corrected chi connectivity index (χ4v) is 1.61. The van der Waals surface area contributed by atoms with Crippen LogP contribution in [0.5, 0.6) is 11.5 Å². The van der Waals surface area contributed by atoms with Gasteiger partial charge in [-0.25, -0.2) is 8.42 Å². The van der Waals surface area contributed by atoms with E-state index in [1.807, 2.05) is 0 Å². The zero-order chi connectivity index (χ0) is 8.55. The molecule has 1 aromatic carbocycles. The molecule has 0 unspecified atom stereocenters. The van der Waals surface area contributed by atoms with Gasteiger partial charge in [-0.3, -0.25) is 0 Å². The lowest BCUT2D eigenvalue weighted by Crippen LogP contribution is -1.94. The Kier molecular flexibility index (Phi) is 1.65. The van der Waals surface area contributed by atoms with Gasteiger partial charge < -0.3 is 9.47 Å². The molecule has 0 spiro atoms. The summed E-state index contributed by atoms with van der Waals surface area (Å²) in [6.45, 7) is 0.0928. The summed E-state index contributed by atoms with van der Waals surface area (Å²) in [5.74, 6) is 0.820. The summed E-state index contributed by atoms with van der Waals surface area (Å²) >= 11 is 0. The van der Waals surface area contributed by atoms with E-state index in [1.54, 1.807) is 12.1 Å². The molecular formula is C7H6O4S. The first-order valence-electron chi connectivity index (χ1n) is 3.32. The minimum absolute atomic E-state index is 0.0928. The van der Waals surface area contributed by atoms with Crippen molar-refractivity contribution in [2.45, 2.75) is 4.90 Å². The van der Waals surface area contributed by atoms with Gasteiger partial charge in [0.05, 0.1) is 0 Å². The van der Waals surface area contributed by atoms with E-state index in [-0.39, 0.29) is 11.7 Å². The normalized spacial score (nSPS) is 13.8. The standard InChI is InChI=1S/C7H6O4S/c8-12(9)6-3-1-2-5-7(6)11-4-10-5/h1-3,12H,4H2. The molecular weight excluding hydrogens is 180 g/mol. The minimum atomic E-state index is -2.60. The average Bonchev–Trinajstić information content (AvgIpc) is 2.49. The second-order valence-corrected chi connectivity index (χ2v) is 3.26. The Balaban J connectivity index is 2.64. The van der Waals surface area contributed by atoms with Crippen molar-refractivity contribution in [3.8, 4) is 11.5 Å². The number of hydrogen-bond donors (Lipinski definition) is 1. The van der Waals surface area contributed by atoms with Crippen molar-refractivity contribution in [3.05, 3.63) is 18.2 Å². The van der Waals surface area contributed by atoms with Crippen LogP contribution in [0.4, 0.5) is 0 Å². The highest BCUT2D eigenvalue weighted by molar-refractivity contribution is 7.72. The molecule has 2 rings (SSSR count). The van der Waals surface area contributed by atoms with Crippen LogP contribution in [0.25, 0.3) is 0 Å². The van der Waals surface area contributed by atoms with Gasteiger partial charge in [0.2, 0.25) is 6.79 Å². The number of fused-ring (bicyclic) bond motifs is 1. The highest BCUT2D eigenvalue weighted by atomic mass is 32.2. The van der Waals surface area contributed by atoms with E-state index < -0.39 is 10.7 Å². The van der Waals surface area contributed by atoms with Gasteiger partial charge in [-0.2, -0.15) is 0 Å². The van der Waals surface area contributed by atoms with Crippen LogP contribution < -0.4 is 9.47 Å². The monoisotopic (exact) mass is 186 g/mol. The molecule has 1 aromatic rings. The molecule has 1 heterocycles. The SMILES string of the molecule is O=[SH](=O)c1cccc2c1OCO2. The van der Waals surface area contributed by atoms with Gasteiger partial charge in [-0.05, 0) is 12.1 Å². The lowest BCUT2D eigenvalue weighted by molar-refractivity contribution is 0.172. The lowest BCUT2D eigenvalue weighted by atomic mass is 10.3. The first kappa shape index (κ1) is 7.42. The molecule has 0 saturated carbocycles. The van der Waals surface area contributed by atoms with Crippen molar-refractivity contribution in [2.24, 2.45) is 0 Å². The Bertz CT molecular complexity index is 375. The van der Waals surface area contributed by atoms with Crippen molar-refractivity contribution in [1.29, 1.82) is 0 Å². The van der Waals surface area contributed by atoms with Crippen LogP contribution in [-0.2, 0) is 10.7 Å². The summed E-state index contributed by atoms with van der Waals surface area (Å²) in [7, 11) is -2.60. The maximum Gasteiger partial charge on any atom is 0.231 e. The molecule has 12 heavy (non-hydrogen) atoms. The number of rotatable bonds is 1. The first-order valence-corrected chi connectivity index (χ1v) is 4.50. The summed E-state index contributed by atoms with van der Waals surface area (Å²) in [6.07, 6.45) is 0. The predicted octanol–water partition coefficient (Wildman–Crippen LogP) is 0.386. The Morgan fingerprint density at radius 1 is 1.25 bits per heavy atom. The largest absolute Gasteiger partial charge is 0.454 e. The van der Waals surface area contributed by atoms with Gasteiger partial charge in [0.1, 0.15) is 4.90 Å². The molecule has 0 bridgehead atoms. The predicted molar refractivity (Wildman–Crippen MR) is 41.1 cm³/mol. The molecule has 4 nitrogen and oxygen atoms in total. The summed E-state index contributed by atoms with van der Waals surface area (Å²) in [5.41, 5.74) is 0. The van der Waals surface area contributed by atoms with Crippen LogP contribution in [0.2, 0.25) is 0 Å². The summed E-state index contributed by atoms with van der Waals surface area (Å²) in [6, 6.07) is 4.78. The molecule has 64 valence electrons. The van der Waals surface area contributed by atoms with Crippen LogP contribution >= 0.6 is 0 Å². The third-order valence-corrected chi connectivity index (χ3v) is 2.32. The second kappa shape index (κ2) is 2.67.